The fourth-order valence-electron chi connectivity index (χ4n) is 2.66. The second-order valence-electron chi connectivity index (χ2n) is 5.92. The van der Waals surface area contributed by atoms with Gasteiger partial charge in [0.1, 0.15) is 11.6 Å². The lowest BCUT2D eigenvalue weighted by atomic mass is 9.99. The molecule has 1 aromatic heterocycles. The van der Waals surface area contributed by atoms with E-state index in [9.17, 15) is 5.26 Å². The van der Waals surface area contributed by atoms with E-state index in [-0.39, 0.29) is 0 Å². The summed E-state index contributed by atoms with van der Waals surface area (Å²) in [6.07, 6.45) is 1.95. The van der Waals surface area contributed by atoms with E-state index in [0.717, 1.165) is 39.7 Å². The van der Waals surface area contributed by atoms with Gasteiger partial charge in [0, 0.05) is 15.6 Å². The zero-order valence-corrected chi connectivity index (χ0v) is 16.2. The lowest BCUT2D eigenvalue weighted by Crippen LogP contribution is -2.03. The third-order valence-corrected chi connectivity index (χ3v) is 4.59. The molecule has 130 valence electrons. The lowest BCUT2D eigenvalue weighted by Gasteiger charge is -2.13. The molecular weight excluding hydrogens is 388 g/mol. The fraction of sp³-hybridized carbons (Fsp3) is 0.182. The van der Waals surface area contributed by atoms with Gasteiger partial charge >= 0.3 is 0 Å². The van der Waals surface area contributed by atoms with Crippen molar-refractivity contribution in [1.82, 2.24) is 4.98 Å². The maximum atomic E-state index is 9.75. The third-order valence-electron chi connectivity index (χ3n) is 4.06. The molecule has 0 spiro atoms. The highest BCUT2D eigenvalue weighted by Gasteiger charge is 2.16. The van der Waals surface area contributed by atoms with Gasteiger partial charge in [-0.05, 0) is 30.2 Å². The van der Waals surface area contributed by atoms with Crippen LogP contribution in [0.25, 0.3) is 22.4 Å². The molecule has 0 bridgehead atoms. The van der Waals surface area contributed by atoms with Crippen LogP contribution in [0.5, 0.6) is 5.88 Å². The zero-order valence-electron chi connectivity index (χ0n) is 14.6. The smallest absolute Gasteiger partial charge is 0.232 e. The number of unbranched alkanes of at least 4 members (excludes halogenated alkanes) is 1. The first-order valence-electron chi connectivity index (χ1n) is 8.62. The van der Waals surface area contributed by atoms with Gasteiger partial charge in [0.15, 0.2) is 0 Å². The molecule has 0 fully saturated rings. The van der Waals surface area contributed by atoms with E-state index < -0.39 is 0 Å². The molecule has 1 heterocycles. The molecule has 2 aromatic carbocycles. The highest BCUT2D eigenvalue weighted by Crippen LogP contribution is 2.34. The maximum absolute atomic E-state index is 9.75. The topological polar surface area (TPSA) is 45.9 Å². The van der Waals surface area contributed by atoms with Crippen molar-refractivity contribution in [2.75, 3.05) is 6.61 Å². The van der Waals surface area contributed by atoms with E-state index in [2.05, 4.69) is 33.9 Å². The van der Waals surface area contributed by atoms with Crippen molar-refractivity contribution in [2.45, 2.75) is 19.8 Å². The fourth-order valence-corrected chi connectivity index (χ4v) is 2.93. The van der Waals surface area contributed by atoms with E-state index in [4.69, 9.17) is 4.74 Å². The largest absolute Gasteiger partial charge is 0.477 e. The molecule has 0 aliphatic heterocycles. The van der Waals surface area contributed by atoms with Gasteiger partial charge in [-0.2, -0.15) is 5.26 Å². The number of benzene rings is 2. The minimum atomic E-state index is 0.403. The van der Waals surface area contributed by atoms with E-state index in [1.54, 1.807) is 0 Å². The molecule has 0 radical (unpaired) electrons. The first-order chi connectivity index (χ1) is 12.7. The van der Waals surface area contributed by atoms with Gasteiger partial charge in [-0.25, -0.2) is 4.98 Å². The predicted octanol–water partition coefficient (Wildman–Crippen LogP) is 6.23. The molecule has 0 aliphatic rings. The summed E-state index contributed by atoms with van der Waals surface area (Å²) in [6.45, 7) is 2.66. The molecule has 0 unspecified atom stereocenters. The van der Waals surface area contributed by atoms with E-state index >= 15 is 0 Å². The van der Waals surface area contributed by atoms with Gasteiger partial charge in [-0.15, -0.1) is 0 Å². The molecule has 0 saturated heterocycles. The number of ether oxygens (including phenoxy) is 1. The van der Waals surface area contributed by atoms with Gasteiger partial charge in [0.25, 0.3) is 0 Å². The standard InChI is InChI=1S/C22H19BrN2O/c1-2-3-13-26-22-20(15-24)19(16-9-11-18(23)12-10-16)14-21(25-22)17-7-5-4-6-8-17/h4-12,14H,2-3,13H2,1H3. The highest BCUT2D eigenvalue weighted by molar-refractivity contribution is 9.10. The Morgan fingerprint density at radius 2 is 1.77 bits per heavy atom. The Hall–Kier alpha value is -2.64. The van der Waals surface area contributed by atoms with Gasteiger partial charge in [0.05, 0.1) is 12.3 Å². The van der Waals surface area contributed by atoms with Crippen LogP contribution in [0.1, 0.15) is 25.3 Å². The van der Waals surface area contributed by atoms with Crippen LogP contribution in [-0.4, -0.2) is 11.6 Å². The predicted molar refractivity (Wildman–Crippen MR) is 108 cm³/mol. The lowest BCUT2D eigenvalue weighted by molar-refractivity contribution is 0.297. The molecule has 26 heavy (non-hydrogen) atoms. The molecule has 0 amide bonds. The number of hydrogen-bond donors (Lipinski definition) is 0. The van der Waals surface area contributed by atoms with Gasteiger partial charge in [-0.3, -0.25) is 0 Å². The molecular formula is C22H19BrN2O. The number of nitriles is 1. The van der Waals surface area contributed by atoms with Crippen LogP contribution in [-0.2, 0) is 0 Å². The maximum Gasteiger partial charge on any atom is 0.232 e. The van der Waals surface area contributed by atoms with Crippen LogP contribution >= 0.6 is 15.9 Å². The Bertz CT molecular complexity index is 915. The molecule has 4 heteroatoms. The summed E-state index contributed by atoms with van der Waals surface area (Å²) in [6, 6.07) is 22.1. The molecule has 3 aromatic rings. The quantitative estimate of drug-likeness (QED) is 0.455. The van der Waals surface area contributed by atoms with Gasteiger partial charge in [-0.1, -0.05) is 71.7 Å². The van der Waals surface area contributed by atoms with Crippen LogP contribution in [0, 0.1) is 11.3 Å². The number of pyridine rings is 1. The molecule has 3 rings (SSSR count). The number of aromatic nitrogens is 1. The Kier molecular flexibility index (Phi) is 6.04. The monoisotopic (exact) mass is 406 g/mol. The molecule has 0 N–H and O–H groups in total. The summed E-state index contributed by atoms with van der Waals surface area (Å²) in [7, 11) is 0. The normalized spacial score (nSPS) is 10.3. The Morgan fingerprint density at radius 3 is 2.42 bits per heavy atom. The average Bonchev–Trinajstić information content (AvgIpc) is 2.69. The van der Waals surface area contributed by atoms with Crippen molar-refractivity contribution >= 4 is 15.9 Å². The first kappa shape index (κ1) is 18.2. The summed E-state index contributed by atoms with van der Waals surface area (Å²) >= 11 is 3.46. The van der Waals surface area contributed by atoms with Crippen LogP contribution in [0.2, 0.25) is 0 Å². The van der Waals surface area contributed by atoms with Gasteiger partial charge in [0.2, 0.25) is 5.88 Å². The van der Waals surface area contributed by atoms with Crippen molar-refractivity contribution in [3.8, 4) is 34.3 Å². The van der Waals surface area contributed by atoms with E-state index in [0.29, 0.717) is 18.1 Å². The summed E-state index contributed by atoms with van der Waals surface area (Å²) in [5.41, 5.74) is 4.07. The molecule has 3 nitrogen and oxygen atoms in total. The summed E-state index contributed by atoms with van der Waals surface area (Å²) in [4.78, 5) is 4.64. The van der Waals surface area contributed by atoms with Crippen molar-refractivity contribution in [3.63, 3.8) is 0 Å². The molecule has 0 aliphatic carbocycles. The number of nitrogens with zero attached hydrogens (tertiary/aromatic N) is 2. The Morgan fingerprint density at radius 1 is 1.04 bits per heavy atom. The second-order valence-corrected chi connectivity index (χ2v) is 6.84. The second kappa shape index (κ2) is 8.64. The average molecular weight is 407 g/mol. The minimum absolute atomic E-state index is 0.403. The van der Waals surface area contributed by atoms with Crippen molar-refractivity contribution in [1.29, 1.82) is 5.26 Å². The number of hydrogen-bond acceptors (Lipinski definition) is 3. The Labute approximate surface area is 162 Å². The number of rotatable bonds is 6. The van der Waals surface area contributed by atoms with Crippen molar-refractivity contribution in [2.24, 2.45) is 0 Å². The molecule has 0 saturated carbocycles. The van der Waals surface area contributed by atoms with Crippen molar-refractivity contribution < 1.29 is 4.74 Å². The van der Waals surface area contributed by atoms with Gasteiger partial charge < -0.3 is 4.74 Å². The van der Waals surface area contributed by atoms with Crippen LogP contribution in [0.3, 0.4) is 0 Å². The third kappa shape index (κ3) is 4.12. The van der Waals surface area contributed by atoms with E-state index in [1.807, 2.05) is 60.7 Å². The van der Waals surface area contributed by atoms with E-state index in [1.165, 1.54) is 0 Å². The highest BCUT2D eigenvalue weighted by atomic mass is 79.9. The SMILES string of the molecule is CCCCOc1nc(-c2ccccc2)cc(-c2ccc(Br)cc2)c1C#N. The molecule has 0 atom stereocenters. The van der Waals surface area contributed by atoms with Crippen molar-refractivity contribution in [3.05, 3.63) is 70.7 Å². The number of halogens is 1. The first-order valence-corrected chi connectivity index (χ1v) is 9.41. The van der Waals surface area contributed by atoms with Crippen LogP contribution in [0.4, 0.5) is 0 Å². The summed E-state index contributed by atoms with van der Waals surface area (Å²) in [5.74, 6) is 0.403. The van der Waals surface area contributed by atoms with Crippen LogP contribution in [0.15, 0.2) is 65.1 Å². The zero-order chi connectivity index (χ0) is 18.4. The Balaban J connectivity index is 2.15. The summed E-state index contributed by atoms with van der Waals surface area (Å²) in [5, 5.41) is 9.75. The summed E-state index contributed by atoms with van der Waals surface area (Å²) < 4.78 is 6.87. The van der Waals surface area contributed by atoms with Crippen LogP contribution < -0.4 is 4.74 Å². The minimum Gasteiger partial charge on any atom is -0.477 e.